The van der Waals surface area contributed by atoms with Gasteiger partial charge in [0.05, 0.1) is 0 Å². The highest BCUT2D eigenvalue weighted by molar-refractivity contribution is 5.20. The Kier molecular flexibility index (Phi) is 2.87. The molecule has 0 heterocycles. The van der Waals surface area contributed by atoms with E-state index in [1.54, 1.807) is 31.3 Å². The molecule has 0 bridgehead atoms. The molecule has 0 radical (unpaired) electrons. The van der Waals surface area contributed by atoms with E-state index in [0.29, 0.717) is 5.41 Å². The van der Waals surface area contributed by atoms with Crippen LogP contribution in [-0.2, 0) is 0 Å². The standard InChI is InChI=1S/C19H30/c1-13-7-10-18-17-9-8-14-5-3-4-6-15(14)16(17)11-12-19(13,18)2/h14-18H,1,3-12H2,2H3. The van der Waals surface area contributed by atoms with E-state index in [-0.39, 0.29) is 0 Å². The van der Waals surface area contributed by atoms with Gasteiger partial charge in [0.2, 0.25) is 0 Å². The molecule has 4 fully saturated rings. The third kappa shape index (κ3) is 1.71. The van der Waals surface area contributed by atoms with Crippen LogP contribution in [0.15, 0.2) is 12.2 Å². The zero-order chi connectivity index (χ0) is 13.0. The van der Waals surface area contributed by atoms with Gasteiger partial charge >= 0.3 is 0 Å². The van der Waals surface area contributed by atoms with E-state index in [1.165, 1.54) is 38.5 Å². The van der Waals surface area contributed by atoms with Crippen molar-refractivity contribution in [3.63, 3.8) is 0 Å². The van der Waals surface area contributed by atoms with Gasteiger partial charge in [0.15, 0.2) is 0 Å². The van der Waals surface area contributed by atoms with E-state index < -0.39 is 0 Å². The first kappa shape index (κ1) is 12.5. The molecule has 4 rings (SSSR count). The molecule has 0 spiro atoms. The summed E-state index contributed by atoms with van der Waals surface area (Å²) in [7, 11) is 0. The predicted molar refractivity (Wildman–Crippen MR) is 80.9 cm³/mol. The Labute approximate surface area is 119 Å². The highest BCUT2D eigenvalue weighted by Crippen LogP contribution is 2.63. The van der Waals surface area contributed by atoms with Gasteiger partial charge in [0.25, 0.3) is 0 Å². The normalized spacial score (nSPS) is 53.3. The Morgan fingerprint density at radius 1 is 0.895 bits per heavy atom. The average molecular weight is 258 g/mol. The van der Waals surface area contributed by atoms with Crippen molar-refractivity contribution in [3.05, 3.63) is 12.2 Å². The molecule has 106 valence electrons. The van der Waals surface area contributed by atoms with Crippen LogP contribution >= 0.6 is 0 Å². The van der Waals surface area contributed by atoms with Crippen LogP contribution in [0.3, 0.4) is 0 Å². The molecule has 0 aliphatic heterocycles. The Hall–Kier alpha value is -0.260. The highest BCUT2D eigenvalue weighted by Gasteiger charge is 2.54. The minimum atomic E-state index is 0.530. The van der Waals surface area contributed by atoms with Gasteiger partial charge in [-0.1, -0.05) is 38.3 Å². The summed E-state index contributed by atoms with van der Waals surface area (Å²) in [6.07, 6.45) is 15.1. The van der Waals surface area contributed by atoms with E-state index >= 15 is 0 Å². The minimum absolute atomic E-state index is 0.530. The monoisotopic (exact) mass is 258 g/mol. The van der Waals surface area contributed by atoms with Crippen molar-refractivity contribution in [2.75, 3.05) is 0 Å². The molecule has 0 aromatic carbocycles. The summed E-state index contributed by atoms with van der Waals surface area (Å²) in [5.74, 6) is 5.40. The predicted octanol–water partition coefficient (Wildman–Crippen LogP) is 5.59. The Bertz CT molecular complexity index is 381. The maximum Gasteiger partial charge on any atom is -0.00879 e. The van der Waals surface area contributed by atoms with Crippen LogP contribution in [0, 0.1) is 35.0 Å². The van der Waals surface area contributed by atoms with Crippen LogP contribution in [0.5, 0.6) is 0 Å². The van der Waals surface area contributed by atoms with Gasteiger partial charge in [0, 0.05) is 0 Å². The SMILES string of the molecule is C=C1CCC2C3CCC4CCCCC4C3CCC12C. The lowest BCUT2D eigenvalue weighted by Gasteiger charge is -2.55. The van der Waals surface area contributed by atoms with Gasteiger partial charge in [-0.2, -0.15) is 0 Å². The van der Waals surface area contributed by atoms with Crippen LogP contribution in [0.4, 0.5) is 0 Å². The molecule has 0 saturated heterocycles. The van der Waals surface area contributed by atoms with E-state index in [4.69, 9.17) is 0 Å². The summed E-state index contributed by atoms with van der Waals surface area (Å²) in [4.78, 5) is 0. The van der Waals surface area contributed by atoms with Crippen molar-refractivity contribution < 1.29 is 0 Å². The van der Waals surface area contributed by atoms with Gasteiger partial charge in [-0.25, -0.2) is 0 Å². The summed E-state index contributed by atoms with van der Waals surface area (Å²) in [6.45, 7) is 6.98. The molecule has 6 atom stereocenters. The second kappa shape index (κ2) is 4.37. The Morgan fingerprint density at radius 3 is 2.63 bits per heavy atom. The van der Waals surface area contributed by atoms with Gasteiger partial charge < -0.3 is 0 Å². The zero-order valence-corrected chi connectivity index (χ0v) is 12.7. The molecule has 4 aliphatic carbocycles. The number of hydrogen-bond acceptors (Lipinski definition) is 0. The van der Waals surface area contributed by atoms with Crippen LogP contribution in [-0.4, -0.2) is 0 Å². The Balaban J connectivity index is 1.61. The first-order chi connectivity index (χ1) is 9.20. The third-order valence-corrected chi connectivity index (χ3v) is 7.84. The molecule has 0 amide bonds. The molecular formula is C19H30. The van der Waals surface area contributed by atoms with E-state index in [9.17, 15) is 0 Å². The zero-order valence-electron chi connectivity index (χ0n) is 12.7. The number of rotatable bonds is 0. The summed E-state index contributed by atoms with van der Waals surface area (Å²) in [6, 6.07) is 0. The molecule has 0 heteroatoms. The summed E-state index contributed by atoms with van der Waals surface area (Å²) >= 11 is 0. The fraction of sp³-hybridized carbons (Fsp3) is 0.895. The fourth-order valence-electron chi connectivity index (χ4n) is 6.74. The summed E-state index contributed by atoms with van der Waals surface area (Å²) < 4.78 is 0. The summed E-state index contributed by atoms with van der Waals surface area (Å²) in [5, 5.41) is 0. The number of fused-ring (bicyclic) bond motifs is 5. The molecule has 19 heavy (non-hydrogen) atoms. The van der Waals surface area contributed by atoms with Gasteiger partial charge in [-0.15, -0.1) is 0 Å². The van der Waals surface area contributed by atoms with Crippen LogP contribution in [0.1, 0.15) is 71.1 Å². The molecular weight excluding hydrogens is 228 g/mol. The quantitative estimate of drug-likeness (QED) is 0.497. The van der Waals surface area contributed by atoms with Gasteiger partial charge in [-0.05, 0) is 80.0 Å². The average Bonchev–Trinajstić information content (AvgIpc) is 2.75. The minimum Gasteiger partial charge on any atom is -0.0993 e. The molecule has 0 nitrogen and oxygen atoms in total. The maximum atomic E-state index is 4.43. The third-order valence-electron chi connectivity index (χ3n) is 7.84. The molecule has 4 saturated carbocycles. The van der Waals surface area contributed by atoms with Gasteiger partial charge in [-0.3, -0.25) is 0 Å². The molecule has 0 aromatic rings. The molecule has 6 unspecified atom stereocenters. The summed E-state index contributed by atoms with van der Waals surface area (Å²) in [5.41, 5.74) is 2.13. The van der Waals surface area contributed by atoms with Crippen molar-refractivity contribution in [2.45, 2.75) is 71.1 Å². The lowest BCUT2D eigenvalue weighted by Crippen LogP contribution is -2.46. The van der Waals surface area contributed by atoms with Crippen molar-refractivity contribution in [3.8, 4) is 0 Å². The largest absolute Gasteiger partial charge is 0.0993 e. The Morgan fingerprint density at radius 2 is 1.74 bits per heavy atom. The van der Waals surface area contributed by atoms with E-state index in [0.717, 1.165) is 29.6 Å². The molecule has 4 aliphatic rings. The van der Waals surface area contributed by atoms with Crippen molar-refractivity contribution in [1.29, 1.82) is 0 Å². The van der Waals surface area contributed by atoms with E-state index in [1.807, 2.05) is 0 Å². The van der Waals surface area contributed by atoms with Crippen LogP contribution in [0.25, 0.3) is 0 Å². The topological polar surface area (TPSA) is 0 Å². The van der Waals surface area contributed by atoms with Crippen molar-refractivity contribution in [1.82, 2.24) is 0 Å². The first-order valence-corrected chi connectivity index (χ1v) is 8.88. The van der Waals surface area contributed by atoms with Gasteiger partial charge in [0.1, 0.15) is 0 Å². The second-order valence-corrected chi connectivity index (χ2v) is 8.32. The maximum absolute atomic E-state index is 4.43. The van der Waals surface area contributed by atoms with Crippen molar-refractivity contribution >= 4 is 0 Å². The van der Waals surface area contributed by atoms with E-state index in [2.05, 4.69) is 13.5 Å². The highest BCUT2D eigenvalue weighted by atomic mass is 14.6. The smallest absolute Gasteiger partial charge is 0.00879 e. The number of allylic oxidation sites excluding steroid dienone is 1. The molecule has 0 N–H and O–H groups in total. The fourth-order valence-corrected chi connectivity index (χ4v) is 6.74. The van der Waals surface area contributed by atoms with Crippen molar-refractivity contribution in [2.24, 2.45) is 35.0 Å². The molecule has 0 aromatic heterocycles. The second-order valence-electron chi connectivity index (χ2n) is 8.32. The van der Waals surface area contributed by atoms with Crippen LogP contribution < -0.4 is 0 Å². The van der Waals surface area contributed by atoms with Crippen LogP contribution in [0.2, 0.25) is 0 Å². The number of hydrogen-bond donors (Lipinski definition) is 0. The first-order valence-electron chi connectivity index (χ1n) is 8.88. The lowest BCUT2D eigenvalue weighted by molar-refractivity contribution is -0.0402. The lowest BCUT2D eigenvalue weighted by atomic mass is 9.50.